The molecule has 1 aliphatic heterocycles. The smallest absolute Gasteiger partial charge is 0.423 e. The van der Waals surface area contributed by atoms with Gasteiger partial charge in [0.05, 0.1) is 0 Å². The van der Waals surface area contributed by atoms with E-state index in [-0.39, 0.29) is 0 Å². The molecule has 2 N–H and O–H groups in total. The molecule has 1 fully saturated rings. The number of benzene rings is 1. The SMILES string of the molecule is CC(C)C1CCCN1Cc1cccc(B(O)O)c1. The molecular weight excluding hydrogens is 225 g/mol. The fourth-order valence-corrected chi connectivity index (χ4v) is 2.89. The van der Waals surface area contributed by atoms with Crippen molar-refractivity contribution in [3.63, 3.8) is 0 Å². The molecule has 0 saturated carbocycles. The van der Waals surface area contributed by atoms with Gasteiger partial charge < -0.3 is 10.0 Å². The van der Waals surface area contributed by atoms with Gasteiger partial charge in [-0.15, -0.1) is 0 Å². The Labute approximate surface area is 110 Å². The van der Waals surface area contributed by atoms with Crippen LogP contribution in [-0.2, 0) is 6.54 Å². The Morgan fingerprint density at radius 2 is 2.17 bits per heavy atom. The minimum absolute atomic E-state index is 0.577. The predicted molar refractivity (Wildman–Crippen MR) is 74.5 cm³/mol. The summed E-state index contributed by atoms with van der Waals surface area (Å²) in [6.07, 6.45) is 2.55. The summed E-state index contributed by atoms with van der Waals surface area (Å²) in [5.41, 5.74) is 1.74. The summed E-state index contributed by atoms with van der Waals surface area (Å²) >= 11 is 0. The molecule has 1 aromatic carbocycles. The van der Waals surface area contributed by atoms with Crippen LogP contribution in [0, 0.1) is 5.92 Å². The van der Waals surface area contributed by atoms with Crippen LogP contribution in [0.25, 0.3) is 0 Å². The molecule has 4 heteroatoms. The van der Waals surface area contributed by atoms with Crippen LogP contribution in [0.4, 0.5) is 0 Å². The second-order valence-corrected chi connectivity index (χ2v) is 5.54. The fraction of sp³-hybridized carbons (Fsp3) is 0.571. The maximum Gasteiger partial charge on any atom is 0.488 e. The maximum atomic E-state index is 9.19. The molecule has 0 radical (unpaired) electrons. The van der Waals surface area contributed by atoms with Crippen molar-refractivity contribution in [2.75, 3.05) is 6.54 Å². The van der Waals surface area contributed by atoms with Crippen molar-refractivity contribution in [2.24, 2.45) is 5.92 Å². The van der Waals surface area contributed by atoms with Gasteiger partial charge in [-0.1, -0.05) is 38.1 Å². The summed E-state index contributed by atoms with van der Waals surface area (Å²) in [6, 6.07) is 8.25. The average Bonchev–Trinajstić information content (AvgIpc) is 2.77. The summed E-state index contributed by atoms with van der Waals surface area (Å²) < 4.78 is 0. The zero-order valence-corrected chi connectivity index (χ0v) is 11.2. The van der Waals surface area contributed by atoms with E-state index in [0.29, 0.717) is 17.4 Å². The first-order valence-electron chi connectivity index (χ1n) is 6.77. The normalized spacial score (nSPS) is 20.6. The van der Waals surface area contributed by atoms with E-state index in [4.69, 9.17) is 0 Å². The molecule has 1 atom stereocenters. The molecule has 18 heavy (non-hydrogen) atoms. The highest BCUT2D eigenvalue weighted by Crippen LogP contribution is 2.25. The quantitative estimate of drug-likeness (QED) is 0.780. The summed E-state index contributed by atoms with van der Waals surface area (Å²) in [6.45, 7) is 6.60. The molecule has 0 amide bonds. The largest absolute Gasteiger partial charge is 0.488 e. The van der Waals surface area contributed by atoms with Gasteiger partial charge in [0.2, 0.25) is 0 Å². The topological polar surface area (TPSA) is 43.7 Å². The van der Waals surface area contributed by atoms with E-state index in [1.807, 2.05) is 12.1 Å². The Balaban J connectivity index is 2.07. The van der Waals surface area contributed by atoms with Gasteiger partial charge in [0.15, 0.2) is 0 Å². The van der Waals surface area contributed by atoms with Crippen LogP contribution in [0.5, 0.6) is 0 Å². The fourth-order valence-electron chi connectivity index (χ4n) is 2.89. The monoisotopic (exact) mass is 247 g/mol. The number of rotatable bonds is 4. The lowest BCUT2D eigenvalue weighted by Gasteiger charge is -2.27. The summed E-state index contributed by atoms with van der Waals surface area (Å²) in [5, 5.41) is 18.4. The van der Waals surface area contributed by atoms with Crippen LogP contribution in [0.3, 0.4) is 0 Å². The number of likely N-dealkylation sites (tertiary alicyclic amines) is 1. The third kappa shape index (κ3) is 3.13. The van der Waals surface area contributed by atoms with E-state index in [0.717, 1.165) is 18.7 Å². The lowest BCUT2D eigenvalue weighted by molar-refractivity contribution is 0.199. The van der Waals surface area contributed by atoms with Crippen LogP contribution in [0.1, 0.15) is 32.3 Å². The van der Waals surface area contributed by atoms with Crippen LogP contribution in [0.2, 0.25) is 0 Å². The highest BCUT2D eigenvalue weighted by molar-refractivity contribution is 6.58. The van der Waals surface area contributed by atoms with Gasteiger partial charge in [0.25, 0.3) is 0 Å². The van der Waals surface area contributed by atoms with Crippen molar-refractivity contribution in [3.05, 3.63) is 29.8 Å². The zero-order valence-electron chi connectivity index (χ0n) is 11.2. The van der Waals surface area contributed by atoms with Crippen LogP contribution in [-0.4, -0.2) is 34.7 Å². The zero-order chi connectivity index (χ0) is 13.1. The first-order valence-corrected chi connectivity index (χ1v) is 6.77. The van der Waals surface area contributed by atoms with Crippen molar-refractivity contribution < 1.29 is 10.0 Å². The number of hydrogen-bond donors (Lipinski definition) is 2. The van der Waals surface area contributed by atoms with Crippen molar-refractivity contribution in [1.29, 1.82) is 0 Å². The molecule has 0 aromatic heterocycles. The molecular formula is C14H22BNO2. The first kappa shape index (κ1) is 13.6. The van der Waals surface area contributed by atoms with E-state index < -0.39 is 7.12 Å². The van der Waals surface area contributed by atoms with Gasteiger partial charge in [-0.3, -0.25) is 4.90 Å². The molecule has 0 bridgehead atoms. The molecule has 98 valence electrons. The van der Waals surface area contributed by atoms with Crippen molar-refractivity contribution in [3.8, 4) is 0 Å². The third-order valence-electron chi connectivity index (χ3n) is 3.82. The molecule has 1 aromatic rings. The Hall–Kier alpha value is -0.835. The molecule has 1 saturated heterocycles. The van der Waals surface area contributed by atoms with E-state index >= 15 is 0 Å². The molecule has 1 heterocycles. The third-order valence-corrected chi connectivity index (χ3v) is 3.82. The predicted octanol–water partition coefficient (Wildman–Crippen LogP) is 0.987. The Kier molecular flexibility index (Phi) is 4.43. The van der Waals surface area contributed by atoms with E-state index in [9.17, 15) is 10.0 Å². The van der Waals surface area contributed by atoms with Gasteiger partial charge in [-0.25, -0.2) is 0 Å². The number of nitrogens with zero attached hydrogens (tertiary/aromatic N) is 1. The first-order chi connectivity index (χ1) is 8.58. The summed E-state index contributed by atoms with van der Waals surface area (Å²) in [4.78, 5) is 2.51. The summed E-state index contributed by atoms with van der Waals surface area (Å²) in [7, 11) is -1.37. The Bertz CT molecular complexity index is 395. The van der Waals surface area contributed by atoms with E-state index in [1.54, 1.807) is 6.07 Å². The summed E-state index contributed by atoms with van der Waals surface area (Å²) in [5.74, 6) is 0.680. The molecule has 0 aliphatic carbocycles. The standard InChI is InChI=1S/C14H22BNO2/c1-11(2)14-7-4-8-16(14)10-12-5-3-6-13(9-12)15(17)18/h3,5-6,9,11,14,17-18H,4,7-8,10H2,1-2H3. The van der Waals surface area contributed by atoms with Crippen LogP contribution < -0.4 is 5.46 Å². The van der Waals surface area contributed by atoms with Gasteiger partial charge in [0, 0.05) is 12.6 Å². The average molecular weight is 247 g/mol. The van der Waals surface area contributed by atoms with E-state index in [1.165, 1.54) is 12.8 Å². The van der Waals surface area contributed by atoms with Crippen LogP contribution >= 0.6 is 0 Å². The Morgan fingerprint density at radius 1 is 1.39 bits per heavy atom. The highest BCUT2D eigenvalue weighted by Gasteiger charge is 2.26. The molecule has 3 nitrogen and oxygen atoms in total. The molecule has 1 aliphatic rings. The van der Waals surface area contributed by atoms with Crippen LogP contribution in [0.15, 0.2) is 24.3 Å². The molecule has 1 unspecified atom stereocenters. The van der Waals surface area contributed by atoms with Gasteiger partial charge >= 0.3 is 7.12 Å². The number of hydrogen-bond acceptors (Lipinski definition) is 3. The van der Waals surface area contributed by atoms with Gasteiger partial charge in [0.1, 0.15) is 0 Å². The Morgan fingerprint density at radius 3 is 2.83 bits per heavy atom. The lowest BCUT2D eigenvalue weighted by Crippen LogP contribution is -2.34. The minimum Gasteiger partial charge on any atom is -0.423 e. The van der Waals surface area contributed by atoms with Crippen molar-refractivity contribution in [1.82, 2.24) is 4.90 Å². The minimum atomic E-state index is -1.37. The maximum absolute atomic E-state index is 9.19. The molecule has 2 rings (SSSR count). The van der Waals surface area contributed by atoms with Gasteiger partial charge in [-0.05, 0) is 36.3 Å². The van der Waals surface area contributed by atoms with Gasteiger partial charge in [-0.2, -0.15) is 0 Å². The van der Waals surface area contributed by atoms with Crippen molar-refractivity contribution >= 4 is 12.6 Å². The van der Waals surface area contributed by atoms with Crippen molar-refractivity contribution in [2.45, 2.75) is 39.3 Å². The molecule has 0 spiro atoms. The lowest BCUT2D eigenvalue weighted by atomic mass is 9.79. The van der Waals surface area contributed by atoms with E-state index in [2.05, 4.69) is 24.8 Å². The second kappa shape index (κ2) is 5.87. The highest BCUT2D eigenvalue weighted by atomic mass is 16.4. The second-order valence-electron chi connectivity index (χ2n) is 5.54.